The fourth-order valence-electron chi connectivity index (χ4n) is 5.31. The molecule has 0 aliphatic rings. The molecule has 232 valence electrons. The summed E-state index contributed by atoms with van der Waals surface area (Å²) in [5.41, 5.74) is 4.91. The smallest absolute Gasteiger partial charge is 0.346 e. The second-order valence-electron chi connectivity index (χ2n) is 10.5. The van der Waals surface area contributed by atoms with E-state index < -0.39 is 0 Å². The van der Waals surface area contributed by atoms with Crippen LogP contribution in [0.2, 0.25) is 10.0 Å². The molecule has 0 amide bonds. The largest absolute Gasteiger partial charge is 0.496 e. The van der Waals surface area contributed by atoms with Crippen LogP contribution in [0.15, 0.2) is 93.8 Å². The monoisotopic (exact) mass is 664 g/mol. The molecule has 8 aromatic rings. The summed E-state index contributed by atoms with van der Waals surface area (Å²) < 4.78 is 26.5. The van der Waals surface area contributed by atoms with Gasteiger partial charge in [-0.15, -0.1) is 20.4 Å². The Morgan fingerprint density at radius 1 is 0.574 bits per heavy atom. The van der Waals surface area contributed by atoms with Crippen LogP contribution in [0.1, 0.15) is 11.1 Å². The van der Waals surface area contributed by atoms with Crippen molar-refractivity contribution in [2.75, 3.05) is 14.2 Å². The molecule has 4 aromatic carbocycles. The predicted octanol–water partition coefficient (Wildman–Crippen LogP) is 7.33. The predicted molar refractivity (Wildman–Crippen MR) is 174 cm³/mol. The number of fused-ring (bicyclic) bond motifs is 2. The Labute approximate surface area is 276 Å². The van der Waals surface area contributed by atoms with E-state index in [9.17, 15) is 0 Å². The van der Waals surface area contributed by atoms with Crippen molar-refractivity contribution in [3.05, 3.63) is 106 Å². The van der Waals surface area contributed by atoms with Gasteiger partial charge in [0.2, 0.25) is 0 Å². The summed E-state index contributed by atoms with van der Waals surface area (Å²) in [7, 11) is 3.20. The zero-order valence-corrected chi connectivity index (χ0v) is 26.3. The van der Waals surface area contributed by atoms with Gasteiger partial charge >= 0.3 is 11.7 Å². The molecule has 0 aliphatic carbocycles. The van der Waals surface area contributed by atoms with Gasteiger partial charge in [0.05, 0.1) is 25.3 Å². The Hall–Kier alpha value is -5.72. The lowest BCUT2D eigenvalue weighted by atomic mass is 10.00. The summed E-state index contributed by atoms with van der Waals surface area (Å²) >= 11 is 12.1. The maximum atomic E-state index is 6.07. The van der Waals surface area contributed by atoms with Crippen LogP contribution >= 0.6 is 23.2 Å². The van der Waals surface area contributed by atoms with Gasteiger partial charge in [-0.25, -0.2) is 0 Å². The van der Waals surface area contributed by atoms with E-state index in [1.807, 2.05) is 60.7 Å². The van der Waals surface area contributed by atoms with Gasteiger partial charge in [0.1, 0.15) is 11.5 Å². The first-order valence-corrected chi connectivity index (χ1v) is 15.0. The first kappa shape index (κ1) is 28.7. The molecule has 0 aliphatic heterocycles. The van der Waals surface area contributed by atoms with Gasteiger partial charge in [0.15, 0.2) is 11.6 Å². The van der Waals surface area contributed by atoms with E-state index in [-0.39, 0.29) is 11.7 Å². The Kier molecular flexibility index (Phi) is 7.08. The molecule has 0 fully saturated rings. The van der Waals surface area contributed by atoms with Gasteiger partial charge in [0, 0.05) is 21.2 Å². The highest BCUT2D eigenvalue weighted by Crippen LogP contribution is 2.35. The minimum Gasteiger partial charge on any atom is -0.496 e. The van der Waals surface area contributed by atoms with Crippen molar-refractivity contribution in [3.63, 3.8) is 0 Å². The minimum absolute atomic E-state index is 0.254. The van der Waals surface area contributed by atoms with Crippen molar-refractivity contribution in [2.45, 2.75) is 6.42 Å². The van der Waals surface area contributed by atoms with Gasteiger partial charge in [0.25, 0.3) is 11.8 Å². The second-order valence-corrected chi connectivity index (χ2v) is 11.4. The topological polar surface area (TPSA) is 131 Å². The third kappa shape index (κ3) is 5.23. The number of hydrogen-bond donors (Lipinski definition) is 0. The number of benzene rings is 4. The first-order valence-electron chi connectivity index (χ1n) is 14.3. The Bertz CT molecular complexity index is 2230. The van der Waals surface area contributed by atoms with E-state index in [2.05, 4.69) is 30.6 Å². The third-order valence-electron chi connectivity index (χ3n) is 7.58. The van der Waals surface area contributed by atoms with Gasteiger partial charge < -0.3 is 18.3 Å². The quantitative estimate of drug-likeness (QED) is 0.163. The molecule has 4 heterocycles. The molecule has 4 aromatic heterocycles. The lowest BCUT2D eigenvalue weighted by molar-refractivity contribution is 0.414. The van der Waals surface area contributed by atoms with Crippen molar-refractivity contribution in [1.29, 1.82) is 0 Å². The zero-order valence-electron chi connectivity index (χ0n) is 24.8. The molecule has 47 heavy (non-hydrogen) atoms. The molecule has 0 radical (unpaired) electrons. The lowest BCUT2D eigenvalue weighted by Crippen LogP contribution is -1.96. The van der Waals surface area contributed by atoms with Crippen molar-refractivity contribution in [3.8, 4) is 57.2 Å². The second kappa shape index (κ2) is 11.6. The number of aromatic nitrogens is 8. The first-order chi connectivity index (χ1) is 23.0. The molecule has 0 N–H and O–H groups in total. The number of methoxy groups -OCH3 is 2. The molecule has 14 heteroatoms. The summed E-state index contributed by atoms with van der Waals surface area (Å²) in [6.07, 6.45) is 0.568. The van der Waals surface area contributed by atoms with Crippen LogP contribution in [0.5, 0.6) is 11.5 Å². The van der Waals surface area contributed by atoms with Gasteiger partial charge in [-0.1, -0.05) is 45.5 Å². The average molecular weight is 665 g/mol. The highest BCUT2D eigenvalue weighted by atomic mass is 35.5. The van der Waals surface area contributed by atoms with Crippen molar-refractivity contribution >= 4 is 34.9 Å². The maximum absolute atomic E-state index is 6.07. The minimum atomic E-state index is 0.254. The number of rotatable bonds is 8. The van der Waals surface area contributed by atoms with E-state index >= 15 is 0 Å². The lowest BCUT2D eigenvalue weighted by Gasteiger charge is -2.10. The average Bonchev–Trinajstić information content (AvgIpc) is 3.87. The normalized spacial score (nSPS) is 11.5. The van der Waals surface area contributed by atoms with E-state index in [1.165, 1.54) is 0 Å². The summed E-state index contributed by atoms with van der Waals surface area (Å²) in [4.78, 5) is 0. The van der Waals surface area contributed by atoms with Crippen LogP contribution in [-0.2, 0) is 6.42 Å². The molecule has 0 spiro atoms. The number of nitrogens with zero attached hydrogens (tertiary/aromatic N) is 8. The zero-order chi connectivity index (χ0) is 32.1. The fourth-order valence-corrected chi connectivity index (χ4v) is 5.56. The van der Waals surface area contributed by atoms with Crippen LogP contribution < -0.4 is 9.47 Å². The molecule has 0 bridgehead atoms. The molecule has 0 atom stereocenters. The molecule has 0 unspecified atom stereocenters. The Morgan fingerprint density at radius 2 is 1.00 bits per heavy atom. The van der Waals surface area contributed by atoms with E-state index in [4.69, 9.17) is 41.5 Å². The molecule has 0 saturated carbocycles. The van der Waals surface area contributed by atoms with Gasteiger partial charge in [-0.2, -0.15) is 9.03 Å². The maximum Gasteiger partial charge on any atom is 0.346 e. The van der Waals surface area contributed by atoms with Gasteiger partial charge in [-0.3, -0.25) is 0 Å². The van der Waals surface area contributed by atoms with E-state index in [1.54, 1.807) is 47.5 Å². The highest BCUT2D eigenvalue weighted by molar-refractivity contribution is 6.30. The summed E-state index contributed by atoms with van der Waals surface area (Å²) in [6, 6.07) is 26.2. The van der Waals surface area contributed by atoms with Crippen LogP contribution in [0.4, 0.5) is 0 Å². The number of halogens is 2. The Morgan fingerprint density at radius 3 is 1.40 bits per heavy atom. The number of ether oxygens (including phenoxy) is 2. The third-order valence-corrected chi connectivity index (χ3v) is 8.09. The molecular weight excluding hydrogens is 643 g/mol. The SMILES string of the molecule is COc1ccc(Cc2ccc(OC)c(-c3nn4c(-c5ccc(Cl)cc5)nnc4o3)c2)cc1-c1nn2c(-c3ccc(Cl)cc3)nnc2o1. The molecule has 12 nitrogen and oxygen atoms in total. The van der Waals surface area contributed by atoms with Gasteiger partial charge in [-0.05, 0) is 90.3 Å². The van der Waals surface area contributed by atoms with Crippen LogP contribution in [0.25, 0.3) is 57.4 Å². The van der Waals surface area contributed by atoms with E-state index in [0.717, 1.165) is 22.3 Å². The molecule has 0 saturated heterocycles. The number of hydrogen-bond acceptors (Lipinski definition) is 10. The standard InChI is InChI=1S/C33H22Cl2N8O4/c1-44-26-13-3-18(16-24(26)30-40-42-28(36-38-32(42)46-30)20-5-9-22(34)10-6-20)15-19-4-14-27(45-2)25(17-19)31-41-43-29(37-39-33(43)47-31)21-7-11-23(35)12-8-21/h3-14,16-17H,15H2,1-2H3. The summed E-state index contributed by atoms with van der Waals surface area (Å²) in [5, 5.41) is 27.4. The van der Waals surface area contributed by atoms with Crippen LogP contribution in [-0.4, -0.2) is 53.8 Å². The molecule has 8 rings (SSSR count). The van der Waals surface area contributed by atoms with Crippen LogP contribution in [0, 0.1) is 0 Å². The fraction of sp³-hybridized carbons (Fsp3) is 0.0909. The molecular formula is C33H22Cl2N8O4. The summed E-state index contributed by atoms with van der Waals surface area (Å²) in [5.74, 6) is 3.45. The van der Waals surface area contributed by atoms with Crippen LogP contribution in [0.3, 0.4) is 0 Å². The van der Waals surface area contributed by atoms with Crippen molar-refractivity contribution < 1.29 is 18.3 Å². The Balaban J connectivity index is 1.12. The summed E-state index contributed by atoms with van der Waals surface area (Å²) in [6.45, 7) is 0. The van der Waals surface area contributed by atoms with Crippen molar-refractivity contribution in [1.82, 2.24) is 39.6 Å². The highest BCUT2D eigenvalue weighted by Gasteiger charge is 2.21. The van der Waals surface area contributed by atoms with Crippen molar-refractivity contribution in [2.24, 2.45) is 0 Å². The van der Waals surface area contributed by atoms with E-state index in [0.29, 0.717) is 62.5 Å².